The van der Waals surface area contributed by atoms with Gasteiger partial charge >= 0.3 is 0 Å². The van der Waals surface area contributed by atoms with E-state index in [0.717, 1.165) is 0 Å². The monoisotopic (exact) mass is 470 g/mol. The Labute approximate surface area is 182 Å². The van der Waals surface area contributed by atoms with Crippen LogP contribution in [0.4, 0.5) is 5.69 Å². The third-order valence-corrected chi connectivity index (χ3v) is 6.18. The summed E-state index contributed by atoms with van der Waals surface area (Å²) in [7, 11) is -2.67. The lowest BCUT2D eigenvalue weighted by Crippen LogP contribution is -2.17. The number of hydrogen-bond donors (Lipinski definition) is 1. The summed E-state index contributed by atoms with van der Waals surface area (Å²) < 4.78 is 33.1. The first-order valence-corrected chi connectivity index (χ1v) is 10.7. The zero-order chi connectivity index (χ0) is 21.2. The highest BCUT2D eigenvalue weighted by molar-refractivity contribution is 7.92. The van der Waals surface area contributed by atoms with Crippen molar-refractivity contribution in [3.05, 3.63) is 81.1 Å². The predicted molar refractivity (Wildman–Crippen MR) is 113 cm³/mol. The first-order chi connectivity index (χ1) is 13.7. The quantitative estimate of drug-likeness (QED) is 0.507. The maximum absolute atomic E-state index is 13.0. The van der Waals surface area contributed by atoms with Gasteiger partial charge in [0.2, 0.25) is 5.78 Å². The fourth-order valence-corrected chi connectivity index (χ4v) is 4.11. The van der Waals surface area contributed by atoms with Crippen LogP contribution in [0.25, 0.3) is 0 Å². The van der Waals surface area contributed by atoms with E-state index in [-0.39, 0.29) is 36.9 Å². The number of sulfonamides is 1. The molecule has 1 heterocycles. The number of para-hydroxylation sites is 1. The highest BCUT2D eigenvalue weighted by Gasteiger charge is 2.23. The SMILES string of the molecule is COc1ccccc1C(=O)c1ncc(Cl)cc1NS(=O)(=O)c1ccc(Cl)c(Cl)c1. The van der Waals surface area contributed by atoms with Crippen LogP contribution in [0.5, 0.6) is 5.75 Å². The molecule has 0 aliphatic heterocycles. The molecule has 0 radical (unpaired) electrons. The summed E-state index contributed by atoms with van der Waals surface area (Å²) in [6, 6.07) is 11.7. The van der Waals surface area contributed by atoms with E-state index in [0.29, 0.717) is 5.75 Å². The summed E-state index contributed by atoms with van der Waals surface area (Å²) in [5.41, 5.74) is 0.00169. The zero-order valence-corrected chi connectivity index (χ0v) is 17.9. The Morgan fingerprint density at radius 1 is 1.03 bits per heavy atom. The lowest BCUT2D eigenvalue weighted by atomic mass is 10.1. The number of ketones is 1. The summed E-state index contributed by atoms with van der Waals surface area (Å²) in [6.45, 7) is 0. The molecule has 3 rings (SSSR count). The Morgan fingerprint density at radius 3 is 2.45 bits per heavy atom. The number of rotatable bonds is 6. The second-order valence-electron chi connectivity index (χ2n) is 5.76. The largest absolute Gasteiger partial charge is 0.496 e. The molecule has 6 nitrogen and oxygen atoms in total. The van der Waals surface area contributed by atoms with E-state index in [1.165, 1.54) is 37.6 Å². The van der Waals surface area contributed by atoms with Gasteiger partial charge in [0, 0.05) is 6.20 Å². The Hall–Kier alpha value is -2.32. The molecule has 0 aliphatic carbocycles. The van der Waals surface area contributed by atoms with Crippen molar-refractivity contribution in [3.63, 3.8) is 0 Å². The molecule has 0 saturated carbocycles. The number of halogens is 3. The fraction of sp³-hybridized carbons (Fsp3) is 0.0526. The van der Waals surface area contributed by atoms with Crippen LogP contribution in [0.3, 0.4) is 0 Å². The van der Waals surface area contributed by atoms with Crippen LogP contribution in [0.2, 0.25) is 15.1 Å². The number of carbonyl (C=O) groups excluding carboxylic acids is 1. The zero-order valence-electron chi connectivity index (χ0n) is 14.8. The lowest BCUT2D eigenvalue weighted by molar-refractivity contribution is 0.103. The highest BCUT2D eigenvalue weighted by atomic mass is 35.5. The topological polar surface area (TPSA) is 85.4 Å². The van der Waals surface area contributed by atoms with Gasteiger partial charge in [-0.15, -0.1) is 0 Å². The molecule has 29 heavy (non-hydrogen) atoms. The number of hydrogen-bond acceptors (Lipinski definition) is 5. The second kappa shape index (κ2) is 8.59. The van der Waals surface area contributed by atoms with Gasteiger partial charge < -0.3 is 4.74 Å². The van der Waals surface area contributed by atoms with Crippen molar-refractivity contribution in [1.82, 2.24) is 4.98 Å². The van der Waals surface area contributed by atoms with Gasteiger partial charge in [-0.25, -0.2) is 13.4 Å². The minimum absolute atomic E-state index is 0.0732. The van der Waals surface area contributed by atoms with E-state index in [4.69, 9.17) is 39.5 Å². The molecule has 1 aromatic heterocycles. The summed E-state index contributed by atoms with van der Waals surface area (Å²) in [5.74, 6) is -0.210. The molecule has 0 aliphatic rings. The van der Waals surface area contributed by atoms with E-state index in [9.17, 15) is 13.2 Å². The third kappa shape index (κ3) is 4.64. The van der Waals surface area contributed by atoms with Crippen LogP contribution in [0.1, 0.15) is 16.1 Å². The number of methoxy groups -OCH3 is 1. The predicted octanol–water partition coefficient (Wildman–Crippen LogP) is 5.08. The second-order valence-corrected chi connectivity index (χ2v) is 8.69. The van der Waals surface area contributed by atoms with Crippen LogP contribution < -0.4 is 9.46 Å². The van der Waals surface area contributed by atoms with Crippen molar-refractivity contribution in [1.29, 1.82) is 0 Å². The minimum Gasteiger partial charge on any atom is -0.496 e. The Morgan fingerprint density at radius 2 is 1.76 bits per heavy atom. The maximum atomic E-state index is 13.0. The fourth-order valence-electron chi connectivity index (χ4n) is 2.51. The first kappa shape index (κ1) is 21.4. The van der Waals surface area contributed by atoms with Crippen LogP contribution in [-0.2, 0) is 10.0 Å². The van der Waals surface area contributed by atoms with E-state index in [2.05, 4.69) is 9.71 Å². The molecule has 0 atom stereocenters. The molecule has 0 unspecified atom stereocenters. The molecule has 0 bridgehead atoms. The van der Waals surface area contributed by atoms with Crippen molar-refractivity contribution in [2.24, 2.45) is 0 Å². The maximum Gasteiger partial charge on any atom is 0.262 e. The van der Waals surface area contributed by atoms with Gasteiger partial charge in [0.05, 0.1) is 38.3 Å². The molecule has 0 saturated heterocycles. The normalized spacial score (nSPS) is 11.2. The van der Waals surface area contributed by atoms with Crippen molar-refractivity contribution in [2.45, 2.75) is 4.90 Å². The van der Waals surface area contributed by atoms with Gasteiger partial charge in [0.1, 0.15) is 11.4 Å². The Balaban J connectivity index is 2.05. The first-order valence-electron chi connectivity index (χ1n) is 8.04. The molecule has 10 heteroatoms. The Bertz CT molecular complexity index is 1200. The van der Waals surface area contributed by atoms with Gasteiger partial charge in [-0.3, -0.25) is 9.52 Å². The molecule has 0 spiro atoms. The molecule has 3 aromatic rings. The van der Waals surface area contributed by atoms with Gasteiger partial charge in [-0.2, -0.15) is 0 Å². The average Bonchev–Trinajstić information content (AvgIpc) is 2.69. The minimum atomic E-state index is -4.10. The molecule has 1 N–H and O–H groups in total. The molecule has 2 aromatic carbocycles. The van der Waals surface area contributed by atoms with Gasteiger partial charge in [0.15, 0.2) is 0 Å². The summed E-state index contributed by atoms with van der Waals surface area (Å²) in [5, 5.41) is 0.430. The molecule has 0 fully saturated rings. The van der Waals surface area contributed by atoms with E-state index in [1.54, 1.807) is 24.3 Å². The van der Waals surface area contributed by atoms with Crippen molar-refractivity contribution < 1.29 is 17.9 Å². The third-order valence-electron chi connectivity index (χ3n) is 3.87. The van der Waals surface area contributed by atoms with E-state index in [1.807, 2.05) is 0 Å². The number of ether oxygens (including phenoxy) is 1. The summed E-state index contributed by atoms with van der Waals surface area (Å²) in [6.07, 6.45) is 1.25. The molecule has 150 valence electrons. The standard InChI is InChI=1S/C19H13Cl3N2O4S/c1-28-17-5-3-2-4-13(17)19(25)18-16(8-11(20)10-23-18)24-29(26,27)12-6-7-14(21)15(22)9-12/h2-10,24H,1H3. The molecular weight excluding hydrogens is 459 g/mol. The number of carbonyl (C=O) groups is 1. The smallest absolute Gasteiger partial charge is 0.262 e. The highest BCUT2D eigenvalue weighted by Crippen LogP contribution is 2.29. The van der Waals surface area contributed by atoms with Gasteiger partial charge in [-0.1, -0.05) is 46.9 Å². The van der Waals surface area contributed by atoms with Crippen LogP contribution in [0.15, 0.2) is 59.6 Å². The number of nitrogens with one attached hydrogen (secondary N) is 1. The van der Waals surface area contributed by atoms with Crippen LogP contribution in [0, 0.1) is 0 Å². The molecular formula is C19H13Cl3N2O4S. The molecule has 0 amide bonds. The van der Waals surface area contributed by atoms with E-state index < -0.39 is 15.8 Å². The number of benzene rings is 2. The average molecular weight is 472 g/mol. The number of aromatic nitrogens is 1. The van der Waals surface area contributed by atoms with E-state index >= 15 is 0 Å². The van der Waals surface area contributed by atoms with Crippen LogP contribution >= 0.6 is 34.8 Å². The Kier molecular flexibility index (Phi) is 6.33. The van der Waals surface area contributed by atoms with Crippen molar-refractivity contribution in [3.8, 4) is 5.75 Å². The summed E-state index contributed by atoms with van der Waals surface area (Å²) >= 11 is 17.7. The lowest BCUT2D eigenvalue weighted by Gasteiger charge is -2.13. The van der Waals surface area contributed by atoms with Crippen molar-refractivity contribution >= 4 is 56.3 Å². The summed E-state index contributed by atoms with van der Waals surface area (Å²) in [4.78, 5) is 16.9. The van der Waals surface area contributed by atoms with Crippen molar-refractivity contribution in [2.75, 3.05) is 11.8 Å². The van der Waals surface area contributed by atoms with Crippen LogP contribution in [-0.4, -0.2) is 26.3 Å². The number of pyridine rings is 1. The van der Waals surface area contributed by atoms with Gasteiger partial charge in [-0.05, 0) is 36.4 Å². The number of nitrogens with zero attached hydrogens (tertiary/aromatic N) is 1. The van der Waals surface area contributed by atoms with Gasteiger partial charge in [0.25, 0.3) is 10.0 Å². The number of anilines is 1.